The Kier molecular flexibility index (Phi) is 4.14. The zero-order valence-electron chi connectivity index (χ0n) is 7.79. The third-order valence-corrected chi connectivity index (χ3v) is 2.07. The van der Waals surface area contributed by atoms with Crippen LogP contribution in [0.4, 0.5) is 0 Å². The van der Waals surface area contributed by atoms with Crippen molar-refractivity contribution >= 4 is 5.91 Å². The second-order valence-electron chi connectivity index (χ2n) is 3.12. The van der Waals surface area contributed by atoms with Crippen molar-refractivity contribution in [3.8, 4) is 0 Å². The zero-order chi connectivity index (χ0) is 9.68. The molecular weight excluding hydrogens is 172 g/mol. The average Bonchev–Trinajstić information content (AvgIpc) is 2.65. The van der Waals surface area contributed by atoms with Crippen molar-refractivity contribution in [1.29, 1.82) is 0 Å². The molecule has 1 fully saturated rings. The number of hydrogen-bond acceptors (Lipinski definition) is 4. The molecule has 0 aliphatic carbocycles. The summed E-state index contributed by atoms with van der Waals surface area (Å²) in [5.41, 5.74) is 2.04. The molecule has 1 aliphatic rings. The Balaban J connectivity index is 2.13. The third kappa shape index (κ3) is 3.30. The lowest BCUT2D eigenvalue weighted by Crippen LogP contribution is -2.39. The summed E-state index contributed by atoms with van der Waals surface area (Å²) in [4.78, 5) is 10.9. The summed E-state index contributed by atoms with van der Waals surface area (Å²) in [6, 6.07) is 0. The van der Waals surface area contributed by atoms with E-state index in [2.05, 4.69) is 0 Å². The molecule has 2 atom stereocenters. The molecule has 0 aromatic rings. The van der Waals surface area contributed by atoms with Crippen LogP contribution in [0.2, 0.25) is 0 Å². The molecule has 1 rings (SSSR count). The van der Waals surface area contributed by atoms with Gasteiger partial charge in [-0.05, 0) is 19.8 Å². The summed E-state index contributed by atoms with van der Waals surface area (Å²) in [6.45, 7) is 2.93. The van der Waals surface area contributed by atoms with Crippen LogP contribution in [0.25, 0.3) is 0 Å². The summed E-state index contributed by atoms with van der Waals surface area (Å²) in [7, 11) is 0. The molecule has 3 N–H and O–H groups in total. The van der Waals surface area contributed by atoms with E-state index in [0.29, 0.717) is 6.61 Å². The van der Waals surface area contributed by atoms with E-state index in [4.69, 9.17) is 15.3 Å². The Morgan fingerprint density at radius 3 is 3.15 bits per heavy atom. The minimum absolute atomic E-state index is 0.146. The number of carbonyl (C=O) groups is 1. The SMILES string of the molecule is CC(OCC1CCCO1)C(=O)NN. The van der Waals surface area contributed by atoms with Gasteiger partial charge < -0.3 is 9.47 Å². The highest BCUT2D eigenvalue weighted by Gasteiger charge is 2.18. The Labute approximate surface area is 77.5 Å². The first-order chi connectivity index (χ1) is 6.24. The van der Waals surface area contributed by atoms with Crippen LogP contribution in [-0.2, 0) is 14.3 Å². The Morgan fingerprint density at radius 1 is 1.85 bits per heavy atom. The summed E-state index contributed by atoms with van der Waals surface area (Å²) in [5, 5.41) is 0. The smallest absolute Gasteiger partial charge is 0.262 e. The quantitative estimate of drug-likeness (QED) is 0.356. The number of hydrazine groups is 1. The van der Waals surface area contributed by atoms with Crippen LogP contribution in [0.3, 0.4) is 0 Å². The van der Waals surface area contributed by atoms with Crippen LogP contribution >= 0.6 is 0 Å². The first kappa shape index (κ1) is 10.4. The molecule has 2 unspecified atom stereocenters. The van der Waals surface area contributed by atoms with Crippen molar-refractivity contribution in [2.75, 3.05) is 13.2 Å². The van der Waals surface area contributed by atoms with Gasteiger partial charge in [0, 0.05) is 6.61 Å². The highest BCUT2D eigenvalue weighted by Crippen LogP contribution is 2.12. The van der Waals surface area contributed by atoms with E-state index in [-0.39, 0.29) is 12.0 Å². The molecule has 1 amide bonds. The molecule has 13 heavy (non-hydrogen) atoms. The fraction of sp³-hybridized carbons (Fsp3) is 0.875. The number of ether oxygens (including phenoxy) is 2. The van der Waals surface area contributed by atoms with Crippen molar-refractivity contribution in [2.24, 2.45) is 5.84 Å². The number of hydrogen-bond donors (Lipinski definition) is 2. The highest BCUT2D eigenvalue weighted by atomic mass is 16.5. The molecule has 1 aliphatic heterocycles. The number of carbonyl (C=O) groups excluding carboxylic acids is 1. The van der Waals surface area contributed by atoms with Crippen LogP contribution < -0.4 is 11.3 Å². The number of rotatable bonds is 4. The maximum atomic E-state index is 10.9. The van der Waals surface area contributed by atoms with E-state index < -0.39 is 6.10 Å². The standard InChI is InChI=1S/C8H16N2O3/c1-6(8(11)10-9)13-5-7-3-2-4-12-7/h6-7H,2-5,9H2,1H3,(H,10,11). The lowest BCUT2D eigenvalue weighted by atomic mass is 10.2. The lowest BCUT2D eigenvalue weighted by Gasteiger charge is -2.14. The van der Waals surface area contributed by atoms with E-state index >= 15 is 0 Å². The van der Waals surface area contributed by atoms with Gasteiger partial charge in [-0.25, -0.2) is 5.84 Å². The van der Waals surface area contributed by atoms with Gasteiger partial charge in [0.2, 0.25) is 0 Å². The summed E-state index contributed by atoms with van der Waals surface area (Å²) < 4.78 is 10.6. The van der Waals surface area contributed by atoms with Crippen LogP contribution in [-0.4, -0.2) is 31.3 Å². The predicted octanol–water partition coefficient (Wildman–Crippen LogP) is -0.440. The molecule has 0 aromatic heterocycles. The maximum Gasteiger partial charge on any atom is 0.262 e. The normalized spacial score (nSPS) is 24.3. The van der Waals surface area contributed by atoms with Gasteiger partial charge in [-0.1, -0.05) is 0 Å². The Morgan fingerprint density at radius 2 is 2.62 bits per heavy atom. The van der Waals surface area contributed by atoms with Gasteiger partial charge in [0.1, 0.15) is 6.10 Å². The van der Waals surface area contributed by atoms with E-state index in [1.54, 1.807) is 6.92 Å². The summed E-state index contributed by atoms with van der Waals surface area (Å²) in [5.74, 6) is 4.64. The van der Waals surface area contributed by atoms with Crippen molar-refractivity contribution in [2.45, 2.75) is 32.0 Å². The lowest BCUT2D eigenvalue weighted by molar-refractivity contribution is -0.133. The highest BCUT2D eigenvalue weighted by molar-refractivity contribution is 5.79. The summed E-state index contributed by atoms with van der Waals surface area (Å²) in [6.07, 6.45) is 1.73. The molecule has 0 saturated carbocycles. The molecule has 0 radical (unpaired) electrons. The van der Waals surface area contributed by atoms with E-state index in [9.17, 15) is 4.79 Å². The second kappa shape index (κ2) is 5.16. The van der Waals surface area contributed by atoms with Crippen molar-refractivity contribution in [3.05, 3.63) is 0 Å². The van der Waals surface area contributed by atoms with Gasteiger partial charge in [0.25, 0.3) is 5.91 Å². The molecule has 1 heterocycles. The van der Waals surface area contributed by atoms with Crippen LogP contribution in [0.15, 0.2) is 0 Å². The van der Waals surface area contributed by atoms with Gasteiger partial charge in [0.15, 0.2) is 0 Å². The van der Waals surface area contributed by atoms with Crippen LogP contribution in [0.5, 0.6) is 0 Å². The summed E-state index contributed by atoms with van der Waals surface area (Å²) >= 11 is 0. The Hall–Kier alpha value is -0.650. The molecule has 0 aromatic carbocycles. The molecule has 5 nitrogen and oxygen atoms in total. The fourth-order valence-electron chi connectivity index (χ4n) is 1.22. The molecule has 0 spiro atoms. The molecule has 5 heteroatoms. The average molecular weight is 188 g/mol. The van der Waals surface area contributed by atoms with Gasteiger partial charge in [0.05, 0.1) is 12.7 Å². The minimum atomic E-state index is -0.505. The van der Waals surface area contributed by atoms with E-state index in [0.717, 1.165) is 19.4 Å². The van der Waals surface area contributed by atoms with E-state index in [1.165, 1.54) is 0 Å². The molecule has 76 valence electrons. The van der Waals surface area contributed by atoms with Gasteiger partial charge in [-0.3, -0.25) is 10.2 Å². The zero-order valence-corrected chi connectivity index (χ0v) is 7.79. The van der Waals surface area contributed by atoms with Crippen LogP contribution in [0.1, 0.15) is 19.8 Å². The first-order valence-electron chi connectivity index (χ1n) is 4.47. The van der Waals surface area contributed by atoms with Crippen molar-refractivity contribution < 1.29 is 14.3 Å². The minimum Gasteiger partial charge on any atom is -0.376 e. The number of nitrogens with two attached hydrogens (primary N) is 1. The fourth-order valence-corrected chi connectivity index (χ4v) is 1.22. The number of amides is 1. The topological polar surface area (TPSA) is 73.6 Å². The van der Waals surface area contributed by atoms with Gasteiger partial charge >= 0.3 is 0 Å². The van der Waals surface area contributed by atoms with E-state index in [1.807, 2.05) is 5.43 Å². The van der Waals surface area contributed by atoms with Gasteiger partial charge in [-0.2, -0.15) is 0 Å². The predicted molar refractivity (Wildman–Crippen MR) is 46.7 cm³/mol. The molecule has 0 bridgehead atoms. The van der Waals surface area contributed by atoms with Crippen LogP contribution in [0, 0.1) is 0 Å². The second-order valence-corrected chi connectivity index (χ2v) is 3.12. The third-order valence-electron chi connectivity index (χ3n) is 2.07. The monoisotopic (exact) mass is 188 g/mol. The Bertz CT molecular complexity index is 169. The largest absolute Gasteiger partial charge is 0.376 e. The maximum absolute atomic E-state index is 10.9. The number of nitrogens with one attached hydrogen (secondary N) is 1. The molecular formula is C8H16N2O3. The first-order valence-corrected chi connectivity index (χ1v) is 4.47. The van der Waals surface area contributed by atoms with Crippen molar-refractivity contribution in [1.82, 2.24) is 5.43 Å². The molecule has 1 saturated heterocycles. The van der Waals surface area contributed by atoms with Crippen molar-refractivity contribution in [3.63, 3.8) is 0 Å². The van der Waals surface area contributed by atoms with Gasteiger partial charge in [-0.15, -0.1) is 0 Å².